The summed E-state index contributed by atoms with van der Waals surface area (Å²) in [4.78, 5) is 14.7. The number of amides is 1. The third kappa shape index (κ3) is 4.33. The van der Waals surface area contributed by atoms with Crippen molar-refractivity contribution in [1.82, 2.24) is 4.90 Å². The van der Waals surface area contributed by atoms with Crippen LogP contribution < -0.4 is 0 Å². The third-order valence-electron chi connectivity index (χ3n) is 3.63. The Morgan fingerprint density at radius 1 is 1.28 bits per heavy atom. The van der Waals surface area contributed by atoms with Gasteiger partial charge in [-0.25, -0.2) is 0 Å². The highest BCUT2D eigenvalue weighted by Crippen LogP contribution is 2.33. The number of methoxy groups -OCH3 is 1. The van der Waals surface area contributed by atoms with Crippen molar-refractivity contribution in [3.63, 3.8) is 0 Å². The van der Waals surface area contributed by atoms with Gasteiger partial charge in [0.1, 0.15) is 15.8 Å². The minimum atomic E-state index is -0.0875. The van der Waals surface area contributed by atoms with Crippen LogP contribution in [0.4, 0.5) is 0 Å². The average molecular weight is 394 g/mol. The van der Waals surface area contributed by atoms with Gasteiger partial charge in [-0.05, 0) is 42.8 Å². The second-order valence-corrected chi connectivity index (χ2v) is 7.50. The molecule has 0 radical (unpaired) electrons. The smallest absolute Gasteiger partial charge is 0.266 e. The molecule has 1 amide bonds. The van der Waals surface area contributed by atoms with Crippen molar-refractivity contribution in [2.24, 2.45) is 0 Å². The fourth-order valence-corrected chi connectivity index (χ4v) is 3.80. The van der Waals surface area contributed by atoms with Gasteiger partial charge >= 0.3 is 0 Å². The summed E-state index contributed by atoms with van der Waals surface area (Å²) in [5.74, 6) is 1.25. The fourth-order valence-electron chi connectivity index (χ4n) is 2.39. The Morgan fingerprint density at radius 3 is 2.76 bits per heavy atom. The van der Waals surface area contributed by atoms with E-state index in [-0.39, 0.29) is 5.91 Å². The predicted octanol–water partition coefficient (Wildman–Crippen LogP) is 4.84. The summed E-state index contributed by atoms with van der Waals surface area (Å²) in [5.41, 5.74) is 0.927. The van der Waals surface area contributed by atoms with E-state index in [4.69, 9.17) is 33.0 Å². The number of nitrogens with zero attached hydrogens (tertiary/aromatic N) is 1. The molecular weight excluding hydrogens is 378 g/mol. The molecule has 1 fully saturated rings. The molecule has 0 aliphatic carbocycles. The van der Waals surface area contributed by atoms with Crippen LogP contribution in [0.1, 0.15) is 12.2 Å². The fraction of sp³-hybridized carbons (Fsp3) is 0.222. The number of carbonyl (C=O) groups excluding carboxylic acids is 1. The molecule has 1 aromatic carbocycles. The lowest BCUT2D eigenvalue weighted by molar-refractivity contribution is -0.122. The average Bonchev–Trinajstić information content (AvgIpc) is 3.16. The number of ether oxygens (including phenoxy) is 1. The van der Waals surface area contributed by atoms with Gasteiger partial charge in [-0.15, -0.1) is 0 Å². The van der Waals surface area contributed by atoms with Crippen LogP contribution in [0.25, 0.3) is 17.4 Å². The highest BCUT2D eigenvalue weighted by atomic mass is 35.5. The van der Waals surface area contributed by atoms with Crippen molar-refractivity contribution in [2.75, 3.05) is 20.3 Å². The summed E-state index contributed by atoms with van der Waals surface area (Å²) < 4.78 is 11.4. The van der Waals surface area contributed by atoms with Gasteiger partial charge in [0.15, 0.2) is 0 Å². The summed E-state index contributed by atoms with van der Waals surface area (Å²) in [6.07, 6.45) is 2.48. The second-order valence-electron chi connectivity index (χ2n) is 5.39. The third-order valence-corrected chi connectivity index (χ3v) is 5.26. The van der Waals surface area contributed by atoms with Crippen LogP contribution in [0.2, 0.25) is 5.02 Å². The molecule has 2 heterocycles. The zero-order chi connectivity index (χ0) is 17.8. The number of carbonyl (C=O) groups is 1. The van der Waals surface area contributed by atoms with E-state index in [0.717, 1.165) is 17.7 Å². The minimum Gasteiger partial charge on any atom is -0.457 e. The highest BCUT2D eigenvalue weighted by molar-refractivity contribution is 8.26. The van der Waals surface area contributed by atoms with Gasteiger partial charge in [-0.1, -0.05) is 35.6 Å². The first-order valence-electron chi connectivity index (χ1n) is 7.68. The molecule has 1 aliphatic rings. The summed E-state index contributed by atoms with van der Waals surface area (Å²) in [6, 6.07) is 11.1. The van der Waals surface area contributed by atoms with Crippen molar-refractivity contribution < 1.29 is 13.9 Å². The lowest BCUT2D eigenvalue weighted by Crippen LogP contribution is -2.29. The van der Waals surface area contributed by atoms with Gasteiger partial charge in [0, 0.05) is 36.9 Å². The van der Waals surface area contributed by atoms with Crippen molar-refractivity contribution >= 4 is 51.9 Å². The van der Waals surface area contributed by atoms with E-state index in [1.807, 2.05) is 36.4 Å². The summed E-state index contributed by atoms with van der Waals surface area (Å²) in [6.45, 7) is 1.16. The van der Waals surface area contributed by atoms with Crippen LogP contribution in [-0.4, -0.2) is 35.4 Å². The molecule has 25 heavy (non-hydrogen) atoms. The van der Waals surface area contributed by atoms with E-state index >= 15 is 0 Å². The van der Waals surface area contributed by atoms with E-state index in [1.165, 1.54) is 11.8 Å². The molecule has 0 N–H and O–H groups in total. The van der Waals surface area contributed by atoms with Crippen LogP contribution >= 0.6 is 35.6 Å². The number of thiocarbonyl (C=S) groups is 1. The van der Waals surface area contributed by atoms with Gasteiger partial charge in [0.2, 0.25) is 0 Å². The van der Waals surface area contributed by atoms with Crippen molar-refractivity contribution in [3.8, 4) is 11.3 Å². The summed E-state index contributed by atoms with van der Waals surface area (Å²) in [7, 11) is 1.64. The van der Waals surface area contributed by atoms with Crippen LogP contribution in [-0.2, 0) is 9.53 Å². The van der Waals surface area contributed by atoms with Crippen molar-refractivity contribution in [2.45, 2.75) is 6.42 Å². The van der Waals surface area contributed by atoms with Crippen molar-refractivity contribution in [1.29, 1.82) is 0 Å². The van der Waals surface area contributed by atoms with E-state index in [0.29, 0.717) is 33.2 Å². The Labute approximate surface area is 160 Å². The standard InChI is InChI=1S/C18H16ClNO3S2/c1-22-10-2-9-20-17(21)16(25-18(20)24)11-14-7-8-15(23-14)12-3-5-13(19)6-4-12/h3-8,11H,2,9-10H2,1H3/b16-11+. The molecule has 4 nitrogen and oxygen atoms in total. The maximum Gasteiger partial charge on any atom is 0.266 e. The summed E-state index contributed by atoms with van der Waals surface area (Å²) >= 11 is 12.5. The minimum absolute atomic E-state index is 0.0875. The number of hydrogen-bond acceptors (Lipinski definition) is 5. The molecule has 1 aromatic heterocycles. The van der Waals surface area contributed by atoms with Gasteiger partial charge in [0.05, 0.1) is 4.91 Å². The first kappa shape index (κ1) is 18.2. The second kappa shape index (κ2) is 8.19. The van der Waals surface area contributed by atoms with Crippen LogP contribution in [0.15, 0.2) is 45.7 Å². The molecule has 0 bridgehead atoms. The topological polar surface area (TPSA) is 42.7 Å². The molecule has 7 heteroatoms. The van der Waals surface area contributed by atoms with Gasteiger partial charge < -0.3 is 9.15 Å². The van der Waals surface area contributed by atoms with E-state index < -0.39 is 0 Å². The van der Waals surface area contributed by atoms with Crippen molar-refractivity contribution in [3.05, 3.63) is 52.1 Å². The quantitative estimate of drug-likeness (QED) is 0.399. The zero-order valence-electron chi connectivity index (χ0n) is 13.5. The van der Waals surface area contributed by atoms with E-state index in [1.54, 1.807) is 18.1 Å². The maximum atomic E-state index is 12.5. The Bertz CT molecular complexity index is 814. The first-order valence-corrected chi connectivity index (χ1v) is 9.29. The molecule has 3 rings (SSSR count). The lowest BCUT2D eigenvalue weighted by Gasteiger charge is -2.13. The van der Waals surface area contributed by atoms with Gasteiger partial charge in [0.25, 0.3) is 5.91 Å². The molecule has 2 aromatic rings. The van der Waals surface area contributed by atoms with Gasteiger partial charge in [-0.2, -0.15) is 0 Å². The highest BCUT2D eigenvalue weighted by Gasteiger charge is 2.31. The molecule has 1 saturated heterocycles. The number of rotatable bonds is 6. The maximum absolute atomic E-state index is 12.5. The Kier molecular flexibility index (Phi) is 5.96. The van der Waals surface area contributed by atoms with Gasteiger partial charge in [-0.3, -0.25) is 9.69 Å². The zero-order valence-corrected chi connectivity index (χ0v) is 15.9. The predicted molar refractivity (Wildman–Crippen MR) is 106 cm³/mol. The Balaban J connectivity index is 1.74. The van der Waals surface area contributed by atoms with E-state index in [2.05, 4.69) is 0 Å². The van der Waals surface area contributed by atoms with Crippen LogP contribution in [0.3, 0.4) is 0 Å². The lowest BCUT2D eigenvalue weighted by atomic mass is 10.2. The van der Waals surface area contributed by atoms with E-state index in [9.17, 15) is 4.79 Å². The molecule has 130 valence electrons. The molecule has 1 aliphatic heterocycles. The molecule has 0 spiro atoms. The SMILES string of the molecule is COCCCN1C(=O)/C(=C\c2ccc(-c3ccc(Cl)cc3)o2)SC1=S. The monoisotopic (exact) mass is 393 g/mol. The molecular formula is C18H16ClNO3S2. The number of benzene rings is 1. The Morgan fingerprint density at radius 2 is 2.04 bits per heavy atom. The van der Waals surface area contributed by atoms with Crippen LogP contribution in [0, 0.1) is 0 Å². The Hall–Kier alpha value is -1.60. The molecule has 0 atom stereocenters. The molecule has 0 saturated carbocycles. The number of hydrogen-bond donors (Lipinski definition) is 0. The number of halogens is 1. The largest absolute Gasteiger partial charge is 0.457 e. The molecule has 0 unspecified atom stereocenters. The first-order chi connectivity index (χ1) is 12.1. The number of furan rings is 1. The van der Waals surface area contributed by atoms with Crippen LogP contribution in [0.5, 0.6) is 0 Å². The summed E-state index contributed by atoms with van der Waals surface area (Å²) in [5, 5.41) is 0.674. The number of thioether (sulfide) groups is 1. The normalized spacial score (nSPS) is 16.2.